The first kappa shape index (κ1) is 23.2. The lowest BCUT2D eigenvalue weighted by Gasteiger charge is -2.23. The highest BCUT2D eigenvalue weighted by molar-refractivity contribution is 5.97. The Hall–Kier alpha value is -3.99. The average Bonchev–Trinajstić information content (AvgIpc) is 3.17. The standard InChI is InChI=1S/C23H19F4N5O2/c1-12-2-7-16(14-8-9-32-17(10-14)30-22(28)31-32)19(25)18(12)21(34)29-11-23(26,27)20(33)13-3-5-15(24)6-4-13/h2-10,20,33H,11H2,1H3,(H2,28,31)(H,29,34). The molecule has 0 aliphatic carbocycles. The van der Waals surface area contributed by atoms with Crippen LogP contribution in [0.25, 0.3) is 16.8 Å². The fraction of sp³-hybridized carbons (Fsp3) is 0.174. The number of nitrogens with one attached hydrogen (secondary N) is 1. The molecule has 11 heteroatoms. The van der Waals surface area contributed by atoms with Gasteiger partial charge in [-0.2, -0.15) is 4.98 Å². The summed E-state index contributed by atoms with van der Waals surface area (Å²) in [5.41, 5.74) is 5.94. The third-order valence-corrected chi connectivity index (χ3v) is 5.31. The van der Waals surface area contributed by atoms with E-state index in [-0.39, 0.29) is 22.6 Å². The van der Waals surface area contributed by atoms with Crippen LogP contribution in [0.15, 0.2) is 54.7 Å². The molecule has 2 aromatic carbocycles. The number of aliphatic hydroxyl groups excluding tert-OH is 1. The molecule has 1 atom stereocenters. The third kappa shape index (κ3) is 4.42. The number of pyridine rings is 1. The van der Waals surface area contributed by atoms with Crippen LogP contribution in [0, 0.1) is 18.6 Å². The van der Waals surface area contributed by atoms with Crippen molar-refractivity contribution in [2.45, 2.75) is 19.0 Å². The molecule has 4 aromatic rings. The van der Waals surface area contributed by atoms with Crippen molar-refractivity contribution in [3.05, 3.63) is 83.1 Å². The molecule has 7 nitrogen and oxygen atoms in total. The second kappa shape index (κ2) is 8.75. The van der Waals surface area contributed by atoms with E-state index in [1.807, 2.05) is 5.32 Å². The lowest BCUT2D eigenvalue weighted by Crippen LogP contribution is -2.41. The van der Waals surface area contributed by atoms with Gasteiger partial charge in [0, 0.05) is 11.8 Å². The maximum absolute atomic E-state index is 15.4. The first-order valence-corrected chi connectivity index (χ1v) is 10.1. The largest absolute Gasteiger partial charge is 0.382 e. The van der Waals surface area contributed by atoms with Crippen LogP contribution >= 0.6 is 0 Å². The number of hydrogen-bond acceptors (Lipinski definition) is 5. The van der Waals surface area contributed by atoms with Crippen molar-refractivity contribution in [3.63, 3.8) is 0 Å². The van der Waals surface area contributed by atoms with Gasteiger partial charge in [-0.3, -0.25) is 4.79 Å². The zero-order valence-corrected chi connectivity index (χ0v) is 17.8. The molecule has 176 valence electrons. The van der Waals surface area contributed by atoms with Gasteiger partial charge in [-0.25, -0.2) is 22.1 Å². The van der Waals surface area contributed by atoms with Gasteiger partial charge in [0.1, 0.15) is 17.7 Å². The number of alkyl halides is 2. The first-order valence-electron chi connectivity index (χ1n) is 10.1. The average molecular weight is 473 g/mol. The van der Waals surface area contributed by atoms with Crippen LogP contribution in [0.3, 0.4) is 0 Å². The Morgan fingerprint density at radius 2 is 1.88 bits per heavy atom. The van der Waals surface area contributed by atoms with Gasteiger partial charge in [0.2, 0.25) is 5.95 Å². The lowest BCUT2D eigenvalue weighted by molar-refractivity contribution is -0.106. The van der Waals surface area contributed by atoms with Crippen LogP contribution in [0.1, 0.15) is 27.6 Å². The van der Waals surface area contributed by atoms with E-state index in [4.69, 9.17) is 5.73 Å². The van der Waals surface area contributed by atoms with Crippen LogP contribution in [-0.4, -0.2) is 38.1 Å². The van der Waals surface area contributed by atoms with E-state index in [0.717, 1.165) is 24.3 Å². The van der Waals surface area contributed by atoms with Gasteiger partial charge in [-0.1, -0.05) is 24.3 Å². The quantitative estimate of drug-likeness (QED) is 0.371. The summed E-state index contributed by atoms with van der Waals surface area (Å²) < 4.78 is 58.8. The molecule has 0 saturated heterocycles. The number of benzene rings is 2. The van der Waals surface area contributed by atoms with Crippen LogP contribution in [0.5, 0.6) is 0 Å². The van der Waals surface area contributed by atoms with Crippen molar-refractivity contribution in [3.8, 4) is 11.1 Å². The van der Waals surface area contributed by atoms with Gasteiger partial charge in [0.05, 0.1) is 12.1 Å². The molecule has 2 heterocycles. The monoisotopic (exact) mass is 473 g/mol. The fourth-order valence-corrected chi connectivity index (χ4v) is 3.51. The topological polar surface area (TPSA) is 106 Å². The van der Waals surface area contributed by atoms with E-state index in [9.17, 15) is 23.1 Å². The molecule has 0 aliphatic heterocycles. The number of nitrogen functional groups attached to an aromatic ring is 1. The third-order valence-electron chi connectivity index (χ3n) is 5.31. The summed E-state index contributed by atoms with van der Waals surface area (Å²) in [6, 6.07) is 9.91. The van der Waals surface area contributed by atoms with Crippen molar-refractivity contribution in [2.75, 3.05) is 12.3 Å². The molecule has 1 unspecified atom stereocenters. The number of aliphatic hydroxyl groups is 1. The molecule has 1 amide bonds. The maximum atomic E-state index is 15.4. The van der Waals surface area contributed by atoms with E-state index in [2.05, 4.69) is 10.1 Å². The minimum Gasteiger partial charge on any atom is -0.382 e. The van der Waals surface area contributed by atoms with Crippen molar-refractivity contribution in [1.29, 1.82) is 0 Å². The summed E-state index contributed by atoms with van der Waals surface area (Å²) in [6.07, 6.45) is -0.780. The van der Waals surface area contributed by atoms with E-state index in [1.165, 1.54) is 35.8 Å². The van der Waals surface area contributed by atoms with Crippen molar-refractivity contribution in [2.24, 2.45) is 0 Å². The molecule has 2 aromatic heterocycles. The zero-order valence-electron chi connectivity index (χ0n) is 17.8. The number of anilines is 1. The molecule has 0 aliphatic rings. The molecular weight excluding hydrogens is 454 g/mol. The summed E-state index contributed by atoms with van der Waals surface area (Å²) in [7, 11) is 0. The maximum Gasteiger partial charge on any atom is 0.294 e. The van der Waals surface area contributed by atoms with Crippen LogP contribution in [0.2, 0.25) is 0 Å². The molecule has 4 N–H and O–H groups in total. The molecule has 0 fully saturated rings. The van der Waals surface area contributed by atoms with Gasteiger partial charge in [-0.15, -0.1) is 5.10 Å². The fourth-order valence-electron chi connectivity index (χ4n) is 3.51. The van der Waals surface area contributed by atoms with Crippen molar-refractivity contribution >= 4 is 17.5 Å². The Balaban J connectivity index is 1.57. The van der Waals surface area contributed by atoms with Gasteiger partial charge in [0.15, 0.2) is 5.65 Å². The molecule has 0 bridgehead atoms. The Morgan fingerprint density at radius 1 is 1.18 bits per heavy atom. The number of carbonyl (C=O) groups excluding carboxylic acids is 1. The lowest BCUT2D eigenvalue weighted by atomic mass is 9.98. The Bertz CT molecular complexity index is 1370. The number of carbonyl (C=O) groups is 1. The van der Waals surface area contributed by atoms with Gasteiger partial charge >= 0.3 is 0 Å². The minimum absolute atomic E-state index is 0.0327. The summed E-state index contributed by atoms with van der Waals surface area (Å²) in [5.74, 6) is -6.39. The van der Waals surface area contributed by atoms with Crippen LogP contribution in [-0.2, 0) is 0 Å². The molecule has 34 heavy (non-hydrogen) atoms. The van der Waals surface area contributed by atoms with Crippen molar-refractivity contribution < 1.29 is 27.5 Å². The van der Waals surface area contributed by atoms with Gasteiger partial charge in [-0.05, 0) is 47.9 Å². The van der Waals surface area contributed by atoms with Gasteiger partial charge < -0.3 is 16.2 Å². The summed E-state index contributed by atoms with van der Waals surface area (Å²) in [6.45, 7) is 0.203. The van der Waals surface area contributed by atoms with Crippen LogP contribution in [0.4, 0.5) is 23.5 Å². The second-order valence-corrected chi connectivity index (χ2v) is 7.70. The molecule has 0 spiro atoms. The van der Waals surface area contributed by atoms with E-state index in [1.54, 1.807) is 6.07 Å². The smallest absolute Gasteiger partial charge is 0.294 e. The summed E-state index contributed by atoms with van der Waals surface area (Å²) >= 11 is 0. The highest BCUT2D eigenvalue weighted by Crippen LogP contribution is 2.32. The number of nitrogens with zero attached hydrogens (tertiary/aromatic N) is 3. The number of fused-ring (bicyclic) bond motifs is 1. The molecule has 0 radical (unpaired) electrons. The number of aryl methyl sites for hydroxylation is 1. The second-order valence-electron chi connectivity index (χ2n) is 7.70. The molecule has 4 rings (SSSR count). The van der Waals surface area contributed by atoms with Crippen LogP contribution < -0.4 is 11.1 Å². The number of hydrogen-bond donors (Lipinski definition) is 3. The summed E-state index contributed by atoms with van der Waals surface area (Å²) in [4.78, 5) is 16.7. The SMILES string of the molecule is Cc1ccc(-c2ccn3nc(N)nc3c2)c(F)c1C(=O)NCC(F)(F)C(O)c1ccc(F)cc1. The van der Waals surface area contributed by atoms with E-state index in [0.29, 0.717) is 11.2 Å². The number of rotatable bonds is 6. The Labute approximate surface area is 190 Å². The minimum atomic E-state index is -3.80. The number of amides is 1. The highest BCUT2D eigenvalue weighted by atomic mass is 19.3. The van der Waals surface area contributed by atoms with Crippen molar-refractivity contribution in [1.82, 2.24) is 19.9 Å². The zero-order chi connectivity index (χ0) is 24.6. The first-order chi connectivity index (χ1) is 16.1. The Kier molecular flexibility index (Phi) is 5.96. The van der Waals surface area contributed by atoms with E-state index >= 15 is 4.39 Å². The van der Waals surface area contributed by atoms with E-state index < -0.39 is 41.7 Å². The Morgan fingerprint density at radius 3 is 2.59 bits per heavy atom. The predicted molar refractivity (Wildman–Crippen MR) is 116 cm³/mol. The predicted octanol–water partition coefficient (Wildman–Crippen LogP) is 3.66. The van der Waals surface area contributed by atoms with Gasteiger partial charge in [0.25, 0.3) is 11.8 Å². The summed E-state index contributed by atoms with van der Waals surface area (Å²) in [5, 5.41) is 15.9. The molecular formula is C23H19F4N5O2. The molecule has 0 saturated carbocycles. The highest BCUT2D eigenvalue weighted by Gasteiger charge is 2.40. The number of aromatic nitrogens is 3. The normalized spacial score (nSPS) is 12.6. The number of nitrogens with two attached hydrogens (primary N) is 1. The number of halogens is 4.